The fourth-order valence-corrected chi connectivity index (χ4v) is 2.01. The minimum absolute atomic E-state index is 0.0212. The summed E-state index contributed by atoms with van der Waals surface area (Å²) in [6, 6.07) is 6.51. The van der Waals surface area contributed by atoms with Gasteiger partial charge >= 0.3 is 7.60 Å². The van der Waals surface area contributed by atoms with Gasteiger partial charge in [0.15, 0.2) is 0 Å². The van der Waals surface area contributed by atoms with Gasteiger partial charge in [-0.15, -0.1) is 0 Å². The van der Waals surface area contributed by atoms with Crippen LogP contribution in [0.3, 0.4) is 0 Å². The molecule has 0 fully saturated rings. The van der Waals surface area contributed by atoms with Crippen molar-refractivity contribution in [2.24, 2.45) is 0 Å². The zero-order chi connectivity index (χ0) is 16.9. The standard InChI is InChI=1S/C13H14FN2O6P/c14-10-3-1-9(2-4-10)13-15-11(17)7-12(16-13)22-6-5-21-8-23(18,19)20/h1-4,7H,5-6,8H2,(H,15,16,17)(H2,18,19,20). The average Bonchev–Trinajstić information content (AvgIpc) is 2.46. The van der Waals surface area contributed by atoms with Crippen LogP contribution >= 0.6 is 7.60 Å². The molecule has 8 nitrogen and oxygen atoms in total. The molecule has 1 aromatic carbocycles. The molecule has 0 amide bonds. The smallest absolute Gasteiger partial charge is 0.350 e. The van der Waals surface area contributed by atoms with Gasteiger partial charge in [0.05, 0.1) is 12.7 Å². The minimum Gasteiger partial charge on any atom is -0.475 e. The Morgan fingerprint density at radius 1 is 1.22 bits per heavy atom. The molecule has 23 heavy (non-hydrogen) atoms. The highest BCUT2D eigenvalue weighted by molar-refractivity contribution is 7.51. The third kappa shape index (κ3) is 5.91. The number of hydrogen-bond acceptors (Lipinski definition) is 5. The number of benzene rings is 1. The number of aromatic amines is 1. The number of nitrogens with zero attached hydrogens (tertiary/aromatic N) is 1. The van der Waals surface area contributed by atoms with Crippen LogP contribution in [-0.4, -0.2) is 39.3 Å². The Balaban J connectivity index is 1.99. The van der Waals surface area contributed by atoms with E-state index in [-0.39, 0.29) is 24.9 Å². The van der Waals surface area contributed by atoms with Gasteiger partial charge in [-0.3, -0.25) is 9.36 Å². The lowest BCUT2D eigenvalue weighted by Crippen LogP contribution is -2.13. The summed E-state index contributed by atoms with van der Waals surface area (Å²) in [6.07, 6.45) is -0.708. The van der Waals surface area contributed by atoms with Crippen LogP contribution in [0, 0.1) is 5.82 Å². The zero-order valence-electron chi connectivity index (χ0n) is 11.8. The van der Waals surface area contributed by atoms with E-state index in [1.54, 1.807) is 0 Å². The first-order chi connectivity index (χ1) is 10.8. The van der Waals surface area contributed by atoms with Crippen LogP contribution in [0.5, 0.6) is 5.88 Å². The monoisotopic (exact) mass is 344 g/mol. The van der Waals surface area contributed by atoms with Crippen molar-refractivity contribution in [3.8, 4) is 17.3 Å². The number of H-pyrrole nitrogens is 1. The molecule has 2 aromatic rings. The summed E-state index contributed by atoms with van der Waals surface area (Å²) >= 11 is 0. The van der Waals surface area contributed by atoms with E-state index in [4.69, 9.17) is 19.3 Å². The lowest BCUT2D eigenvalue weighted by molar-refractivity contribution is 0.118. The summed E-state index contributed by atoms with van der Waals surface area (Å²) in [5.41, 5.74) is 0.0529. The molecule has 0 aliphatic rings. The normalized spacial score (nSPS) is 11.4. The molecule has 1 heterocycles. The molecule has 0 aliphatic carbocycles. The second kappa shape index (κ2) is 7.47. The number of rotatable bonds is 7. The third-order valence-corrected chi connectivity index (χ3v) is 3.09. The first kappa shape index (κ1) is 17.3. The Bertz CT molecular complexity index is 758. The van der Waals surface area contributed by atoms with Crippen molar-refractivity contribution >= 4 is 7.60 Å². The maximum atomic E-state index is 12.9. The summed E-state index contributed by atoms with van der Waals surface area (Å²) in [4.78, 5) is 35.4. The van der Waals surface area contributed by atoms with E-state index in [0.717, 1.165) is 6.07 Å². The number of halogens is 1. The molecule has 1 aromatic heterocycles. The minimum atomic E-state index is -4.22. The van der Waals surface area contributed by atoms with Gasteiger partial charge in [0, 0.05) is 5.56 Å². The Morgan fingerprint density at radius 3 is 2.57 bits per heavy atom. The van der Waals surface area contributed by atoms with E-state index in [1.807, 2.05) is 0 Å². The van der Waals surface area contributed by atoms with Crippen LogP contribution in [0.25, 0.3) is 11.4 Å². The lowest BCUT2D eigenvalue weighted by Gasteiger charge is -2.08. The average molecular weight is 344 g/mol. The van der Waals surface area contributed by atoms with Gasteiger partial charge in [0.25, 0.3) is 5.56 Å². The molecule has 0 radical (unpaired) electrons. The van der Waals surface area contributed by atoms with Gasteiger partial charge in [0.1, 0.15) is 24.6 Å². The largest absolute Gasteiger partial charge is 0.475 e. The van der Waals surface area contributed by atoms with Gasteiger partial charge < -0.3 is 24.2 Å². The quantitative estimate of drug-likeness (QED) is 0.508. The first-order valence-corrected chi connectivity index (χ1v) is 8.26. The molecular weight excluding hydrogens is 330 g/mol. The van der Waals surface area contributed by atoms with Gasteiger partial charge in [-0.1, -0.05) is 0 Å². The summed E-state index contributed by atoms with van der Waals surface area (Å²) in [6.45, 7) is -0.120. The van der Waals surface area contributed by atoms with Crippen molar-refractivity contribution in [2.45, 2.75) is 0 Å². The van der Waals surface area contributed by atoms with Crippen LogP contribution in [0.2, 0.25) is 0 Å². The van der Waals surface area contributed by atoms with E-state index in [0.29, 0.717) is 5.56 Å². The molecule has 0 atom stereocenters. The van der Waals surface area contributed by atoms with Gasteiger partial charge in [-0.05, 0) is 24.3 Å². The predicted molar refractivity (Wildman–Crippen MR) is 78.6 cm³/mol. The SMILES string of the molecule is O=c1cc(OCCOCP(=O)(O)O)nc(-c2ccc(F)cc2)[nH]1. The van der Waals surface area contributed by atoms with Crippen LogP contribution in [0.1, 0.15) is 0 Å². The van der Waals surface area contributed by atoms with Crippen molar-refractivity contribution in [3.63, 3.8) is 0 Å². The number of hydrogen-bond donors (Lipinski definition) is 3. The zero-order valence-corrected chi connectivity index (χ0v) is 12.7. The van der Waals surface area contributed by atoms with Crippen LogP contribution < -0.4 is 10.3 Å². The second-order valence-corrected chi connectivity index (χ2v) is 6.08. The summed E-state index contributed by atoms with van der Waals surface area (Å²) in [7, 11) is -4.22. The van der Waals surface area contributed by atoms with E-state index in [1.165, 1.54) is 24.3 Å². The molecule has 0 bridgehead atoms. The van der Waals surface area contributed by atoms with Gasteiger partial charge in [-0.2, -0.15) is 4.98 Å². The third-order valence-electron chi connectivity index (χ3n) is 2.57. The summed E-state index contributed by atoms with van der Waals surface area (Å²) in [5, 5.41) is 0. The Morgan fingerprint density at radius 2 is 1.91 bits per heavy atom. The maximum absolute atomic E-state index is 12.9. The highest BCUT2D eigenvalue weighted by Crippen LogP contribution is 2.33. The first-order valence-electron chi connectivity index (χ1n) is 6.46. The molecule has 0 aliphatic heterocycles. The second-order valence-electron chi connectivity index (χ2n) is 4.49. The summed E-state index contributed by atoms with van der Waals surface area (Å²) in [5.74, 6) is -0.179. The van der Waals surface area contributed by atoms with E-state index >= 15 is 0 Å². The van der Waals surface area contributed by atoms with Crippen molar-refractivity contribution in [3.05, 3.63) is 46.5 Å². The van der Waals surface area contributed by atoms with Gasteiger partial charge in [-0.25, -0.2) is 4.39 Å². The van der Waals surface area contributed by atoms with Crippen molar-refractivity contribution in [2.75, 3.05) is 19.6 Å². The van der Waals surface area contributed by atoms with Crippen LogP contribution in [-0.2, 0) is 9.30 Å². The molecular formula is C13H14FN2O6P. The van der Waals surface area contributed by atoms with Crippen molar-refractivity contribution < 1.29 is 28.2 Å². The highest BCUT2D eigenvalue weighted by Gasteiger charge is 2.12. The number of ether oxygens (including phenoxy) is 2. The molecule has 0 spiro atoms. The van der Waals surface area contributed by atoms with E-state index in [2.05, 4.69) is 9.97 Å². The maximum Gasteiger partial charge on any atom is 0.350 e. The fraction of sp³-hybridized carbons (Fsp3) is 0.231. The molecule has 3 N–H and O–H groups in total. The van der Waals surface area contributed by atoms with E-state index < -0.39 is 25.3 Å². The topological polar surface area (TPSA) is 122 Å². The number of nitrogens with one attached hydrogen (secondary N) is 1. The predicted octanol–water partition coefficient (Wildman–Crippen LogP) is 1.11. The Hall–Kier alpha value is -2.06. The molecule has 2 rings (SSSR count). The van der Waals surface area contributed by atoms with Crippen LogP contribution in [0.4, 0.5) is 4.39 Å². The Labute approximate surface area is 130 Å². The van der Waals surface area contributed by atoms with E-state index in [9.17, 15) is 13.8 Å². The molecule has 0 unspecified atom stereocenters. The lowest BCUT2D eigenvalue weighted by atomic mass is 10.2. The Kier molecular flexibility index (Phi) is 5.62. The number of aromatic nitrogens is 2. The fourth-order valence-electron chi connectivity index (χ4n) is 1.64. The molecule has 0 saturated heterocycles. The van der Waals surface area contributed by atoms with Crippen LogP contribution in [0.15, 0.2) is 35.1 Å². The van der Waals surface area contributed by atoms with Crippen molar-refractivity contribution in [1.29, 1.82) is 0 Å². The summed E-state index contributed by atoms with van der Waals surface area (Å²) < 4.78 is 33.4. The van der Waals surface area contributed by atoms with Gasteiger partial charge in [0.2, 0.25) is 5.88 Å². The molecule has 0 saturated carbocycles. The highest BCUT2D eigenvalue weighted by atomic mass is 31.2. The van der Waals surface area contributed by atoms with Crippen molar-refractivity contribution in [1.82, 2.24) is 9.97 Å². The molecule has 124 valence electrons. The molecule has 10 heteroatoms.